The van der Waals surface area contributed by atoms with Crippen molar-refractivity contribution >= 4 is 12.2 Å². The third kappa shape index (κ3) is 3.92. The van der Waals surface area contributed by atoms with Gasteiger partial charge in [-0.15, -0.1) is 0 Å². The fraction of sp³-hybridized carbons (Fsp3) is 0.300. The van der Waals surface area contributed by atoms with E-state index < -0.39 is 0 Å². The number of aryl methyl sites for hydroxylation is 1. The van der Waals surface area contributed by atoms with Crippen molar-refractivity contribution in [3.63, 3.8) is 0 Å². The van der Waals surface area contributed by atoms with E-state index in [4.69, 9.17) is 12.2 Å². The zero-order valence-electron chi connectivity index (χ0n) is 15.3. The number of hydrogen-bond acceptors (Lipinski definition) is 3. The normalized spacial score (nSPS) is 11.3. The minimum Gasteiger partial charge on any atom is -0.303 e. The summed E-state index contributed by atoms with van der Waals surface area (Å²) in [7, 11) is 1.82. The number of rotatable bonds is 6. The van der Waals surface area contributed by atoms with Gasteiger partial charge in [0.2, 0.25) is 0 Å². The Morgan fingerprint density at radius 2 is 1.92 bits per heavy atom. The molecular formula is C20H23FN4S. The molecule has 0 aliphatic carbocycles. The SMILES string of the molecule is CCN(Cc1cccc(C)c1)Cn1nc(-c2ccccc2F)n(C)c1=S. The molecule has 0 N–H and O–H groups in total. The molecule has 0 amide bonds. The molecule has 1 aromatic heterocycles. The Bertz CT molecular complexity index is 960. The summed E-state index contributed by atoms with van der Waals surface area (Å²) in [6.07, 6.45) is 0. The summed E-state index contributed by atoms with van der Waals surface area (Å²) < 4.78 is 18.2. The van der Waals surface area contributed by atoms with Gasteiger partial charge in [-0.25, -0.2) is 9.07 Å². The topological polar surface area (TPSA) is 26.0 Å². The molecule has 0 bridgehead atoms. The Kier molecular flexibility index (Phi) is 5.64. The summed E-state index contributed by atoms with van der Waals surface area (Å²) in [4.78, 5) is 2.25. The van der Waals surface area contributed by atoms with Gasteiger partial charge in [-0.05, 0) is 43.4 Å². The van der Waals surface area contributed by atoms with E-state index in [1.54, 1.807) is 27.4 Å². The number of aromatic nitrogens is 3. The standard InChI is InChI=1S/C20H23FN4S/c1-4-24(13-16-9-7-8-15(2)12-16)14-25-20(26)23(3)19(22-25)17-10-5-6-11-18(17)21/h5-12H,4,13-14H2,1-3H3. The predicted octanol–water partition coefficient (Wildman–Crippen LogP) is 4.55. The zero-order valence-corrected chi connectivity index (χ0v) is 16.1. The van der Waals surface area contributed by atoms with Gasteiger partial charge in [0.15, 0.2) is 10.6 Å². The molecule has 0 aliphatic rings. The minimum absolute atomic E-state index is 0.296. The molecule has 4 nitrogen and oxygen atoms in total. The van der Waals surface area contributed by atoms with E-state index in [0.717, 1.165) is 13.1 Å². The van der Waals surface area contributed by atoms with Crippen LogP contribution in [0.5, 0.6) is 0 Å². The van der Waals surface area contributed by atoms with E-state index in [1.807, 2.05) is 7.05 Å². The van der Waals surface area contributed by atoms with Crippen LogP contribution in [0.15, 0.2) is 48.5 Å². The van der Waals surface area contributed by atoms with Gasteiger partial charge < -0.3 is 4.57 Å². The first-order valence-corrected chi connectivity index (χ1v) is 9.07. The lowest BCUT2D eigenvalue weighted by atomic mass is 10.1. The van der Waals surface area contributed by atoms with Crippen LogP contribution in [-0.2, 0) is 20.3 Å². The maximum Gasteiger partial charge on any atom is 0.199 e. The molecule has 1 heterocycles. The summed E-state index contributed by atoms with van der Waals surface area (Å²) in [6.45, 7) is 6.44. The van der Waals surface area contributed by atoms with Gasteiger partial charge in [0.05, 0.1) is 12.2 Å². The summed E-state index contributed by atoms with van der Waals surface area (Å²) in [6, 6.07) is 15.1. The van der Waals surface area contributed by atoms with Crippen LogP contribution in [-0.4, -0.2) is 25.8 Å². The molecule has 0 spiro atoms. The Hall–Kier alpha value is -2.31. The highest BCUT2D eigenvalue weighted by Gasteiger charge is 2.15. The van der Waals surface area contributed by atoms with Gasteiger partial charge in [-0.1, -0.05) is 48.9 Å². The van der Waals surface area contributed by atoms with Crippen LogP contribution < -0.4 is 0 Å². The molecule has 6 heteroatoms. The van der Waals surface area contributed by atoms with Crippen molar-refractivity contribution in [2.75, 3.05) is 6.54 Å². The largest absolute Gasteiger partial charge is 0.303 e. The maximum atomic E-state index is 14.1. The fourth-order valence-corrected chi connectivity index (χ4v) is 3.16. The molecule has 0 radical (unpaired) electrons. The molecule has 0 unspecified atom stereocenters. The van der Waals surface area contributed by atoms with Crippen molar-refractivity contribution in [2.45, 2.75) is 27.1 Å². The van der Waals surface area contributed by atoms with Gasteiger partial charge >= 0.3 is 0 Å². The number of nitrogens with zero attached hydrogens (tertiary/aromatic N) is 4. The molecule has 0 atom stereocenters. The number of hydrogen-bond donors (Lipinski definition) is 0. The van der Waals surface area contributed by atoms with Gasteiger partial charge in [-0.2, -0.15) is 5.10 Å². The zero-order chi connectivity index (χ0) is 18.7. The molecule has 0 saturated carbocycles. The first-order valence-electron chi connectivity index (χ1n) is 8.66. The van der Waals surface area contributed by atoms with E-state index in [1.165, 1.54) is 17.2 Å². The fourth-order valence-electron chi connectivity index (χ4n) is 2.98. The van der Waals surface area contributed by atoms with Crippen molar-refractivity contribution in [1.29, 1.82) is 0 Å². The smallest absolute Gasteiger partial charge is 0.199 e. The van der Waals surface area contributed by atoms with E-state index in [0.29, 0.717) is 22.8 Å². The lowest BCUT2D eigenvalue weighted by Gasteiger charge is -2.20. The average Bonchev–Trinajstić information content (AvgIpc) is 2.90. The molecule has 3 rings (SSSR count). The van der Waals surface area contributed by atoms with E-state index in [9.17, 15) is 4.39 Å². The van der Waals surface area contributed by atoms with Crippen LogP contribution in [0.1, 0.15) is 18.1 Å². The predicted molar refractivity (Wildman–Crippen MR) is 105 cm³/mol. The van der Waals surface area contributed by atoms with Gasteiger partial charge in [0.25, 0.3) is 0 Å². The Labute approximate surface area is 158 Å². The van der Waals surface area contributed by atoms with Crippen molar-refractivity contribution in [1.82, 2.24) is 19.2 Å². The number of benzene rings is 2. The lowest BCUT2D eigenvalue weighted by molar-refractivity contribution is 0.207. The first kappa shape index (κ1) is 18.5. The maximum absolute atomic E-state index is 14.1. The highest BCUT2D eigenvalue weighted by Crippen LogP contribution is 2.21. The Balaban J connectivity index is 1.86. The number of halogens is 1. The lowest BCUT2D eigenvalue weighted by Crippen LogP contribution is -2.26. The van der Waals surface area contributed by atoms with Gasteiger partial charge in [0, 0.05) is 13.6 Å². The second kappa shape index (κ2) is 7.93. The Morgan fingerprint density at radius 1 is 1.15 bits per heavy atom. The molecule has 0 fully saturated rings. The second-order valence-electron chi connectivity index (χ2n) is 6.42. The van der Waals surface area contributed by atoms with Gasteiger partial charge in [-0.3, -0.25) is 4.90 Å². The monoisotopic (exact) mass is 370 g/mol. The quantitative estimate of drug-likeness (QED) is 0.596. The molecule has 136 valence electrons. The third-order valence-electron chi connectivity index (χ3n) is 4.43. The highest BCUT2D eigenvalue weighted by molar-refractivity contribution is 7.71. The molecule has 0 aliphatic heterocycles. The van der Waals surface area contributed by atoms with Crippen LogP contribution in [0.3, 0.4) is 0 Å². The van der Waals surface area contributed by atoms with Crippen LogP contribution in [0.4, 0.5) is 4.39 Å². The average molecular weight is 370 g/mol. The van der Waals surface area contributed by atoms with E-state index in [-0.39, 0.29) is 5.82 Å². The Morgan fingerprint density at radius 3 is 2.62 bits per heavy atom. The van der Waals surface area contributed by atoms with E-state index in [2.05, 4.69) is 48.1 Å². The van der Waals surface area contributed by atoms with E-state index >= 15 is 0 Å². The van der Waals surface area contributed by atoms with Crippen molar-refractivity contribution in [2.24, 2.45) is 7.05 Å². The van der Waals surface area contributed by atoms with Crippen molar-refractivity contribution in [3.8, 4) is 11.4 Å². The second-order valence-corrected chi connectivity index (χ2v) is 6.79. The van der Waals surface area contributed by atoms with Crippen molar-refractivity contribution in [3.05, 3.63) is 70.2 Å². The highest BCUT2D eigenvalue weighted by atomic mass is 32.1. The van der Waals surface area contributed by atoms with Crippen molar-refractivity contribution < 1.29 is 4.39 Å². The van der Waals surface area contributed by atoms with Crippen LogP contribution in [0, 0.1) is 17.5 Å². The third-order valence-corrected chi connectivity index (χ3v) is 4.91. The summed E-state index contributed by atoms with van der Waals surface area (Å²) >= 11 is 5.52. The minimum atomic E-state index is -0.296. The molecule has 0 saturated heterocycles. The molecule has 3 aromatic rings. The summed E-state index contributed by atoms with van der Waals surface area (Å²) in [5.74, 6) is 0.245. The first-order chi connectivity index (χ1) is 12.5. The van der Waals surface area contributed by atoms with Crippen LogP contribution >= 0.6 is 12.2 Å². The van der Waals surface area contributed by atoms with Gasteiger partial charge in [0.1, 0.15) is 5.82 Å². The molecular weight excluding hydrogens is 347 g/mol. The van der Waals surface area contributed by atoms with Crippen LogP contribution in [0.2, 0.25) is 0 Å². The summed E-state index contributed by atoms with van der Waals surface area (Å²) in [5.41, 5.74) is 2.96. The molecule has 26 heavy (non-hydrogen) atoms. The summed E-state index contributed by atoms with van der Waals surface area (Å²) in [5, 5.41) is 4.58. The van der Waals surface area contributed by atoms with Crippen LogP contribution in [0.25, 0.3) is 11.4 Å². The molecule has 2 aromatic carbocycles.